The van der Waals surface area contributed by atoms with Gasteiger partial charge in [-0.3, -0.25) is 64.9 Å². The molecular formula is C110H85Cl3F4N20OS5. The van der Waals surface area contributed by atoms with Crippen LogP contribution in [0.1, 0.15) is 50.1 Å². The Morgan fingerprint density at radius 1 is 0.406 bits per heavy atom. The number of fused-ring (bicyclic) bond motifs is 6. The minimum atomic E-state index is -0.453. The van der Waals surface area contributed by atoms with E-state index in [1.54, 1.807) is 110 Å². The van der Waals surface area contributed by atoms with Gasteiger partial charge in [-0.15, -0.1) is 11.3 Å². The molecule has 0 saturated heterocycles. The second-order valence-corrected chi connectivity index (χ2v) is 39.9. The summed E-state index contributed by atoms with van der Waals surface area (Å²) >= 11 is 25.7. The number of ether oxygens (including phenoxy) is 1. The molecule has 21 nitrogen and oxygen atoms in total. The quantitative estimate of drug-likeness (QED) is 0.0714. The SMILES string of the molecule is Cc1cc(-c2nc3c(cc2-c2ccc(C)c(C=N)c2)N(C)CCO3)ccc1F.Cc1cc(-c2ncccc2C2=NC3SC=NC3C=C2)ccc1F.Cc1cccc(-c2ncccc2-c2ccc3ncsc3n2)c1.Fc1ccc(-c2ncccc2C2=NC3SC=NC3C=C2)cc1Cl.NC1=NC2C=CC(c3cccnc3-c3ccc(F)c(Cl)c3)=NC2S1.NC1=NC2C=CC(c3cccnc3-c3cccc(Cl)c3)=NC2S1. The summed E-state index contributed by atoms with van der Waals surface area (Å²) in [5, 5.41) is 9.83. The van der Waals surface area contributed by atoms with Crippen LogP contribution in [-0.4, -0.2) is 156 Å². The molecule has 0 amide bonds. The first-order valence-corrected chi connectivity index (χ1v) is 50.8. The number of aryl methyl sites for hydroxylation is 4. The van der Waals surface area contributed by atoms with Crippen molar-refractivity contribution >= 4 is 160 Å². The summed E-state index contributed by atoms with van der Waals surface area (Å²) in [4.78, 5) is 75.9. The average Bonchev–Trinajstić information content (AvgIpc) is 1.75. The van der Waals surface area contributed by atoms with E-state index in [1.165, 1.54) is 59.6 Å². The smallest absolute Gasteiger partial charge is 0.238 e. The predicted molar refractivity (Wildman–Crippen MR) is 584 cm³/mol. The van der Waals surface area contributed by atoms with Crippen LogP contribution in [0, 0.1) is 56.4 Å². The number of anilines is 1. The maximum absolute atomic E-state index is 13.8. The first-order chi connectivity index (χ1) is 69.5. The van der Waals surface area contributed by atoms with Gasteiger partial charge in [0.1, 0.15) is 86.1 Å². The van der Waals surface area contributed by atoms with E-state index >= 15 is 0 Å². The van der Waals surface area contributed by atoms with Crippen molar-refractivity contribution in [2.24, 2.45) is 51.4 Å². The normalized spacial score (nSPS) is 18.7. The molecule has 33 heteroatoms. The van der Waals surface area contributed by atoms with Crippen molar-refractivity contribution in [3.05, 3.63) is 392 Å². The molecule has 0 fully saturated rings. The van der Waals surface area contributed by atoms with Crippen LogP contribution in [0.4, 0.5) is 23.2 Å². The number of nitrogens with one attached hydrogen (secondary N) is 1. The molecule has 9 aliphatic heterocycles. The van der Waals surface area contributed by atoms with Crippen LogP contribution in [0.15, 0.2) is 343 Å². The molecule has 0 bridgehead atoms. The van der Waals surface area contributed by atoms with Gasteiger partial charge >= 0.3 is 0 Å². The fourth-order valence-corrected chi connectivity index (χ4v) is 21.3. The van der Waals surface area contributed by atoms with Crippen molar-refractivity contribution in [2.75, 3.05) is 25.1 Å². The van der Waals surface area contributed by atoms with E-state index in [2.05, 4.69) is 116 Å². The van der Waals surface area contributed by atoms with E-state index in [1.807, 2.05) is 188 Å². The monoisotopic (exact) mass is 2040 g/mol. The summed E-state index contributed by atoms with van der Waals surface area (Å²) < 4.78 is 60.0. The summed E-state index contributed by atoms with van der Waals surface area (Å²) in [7, 11) is 2.02. The minimum absolute atomic E-state index is 0.0147. The molecule has 143 heavy (non-hydrogen) atoms. The fourth-order valence-electron chi connectivity index (χ4n) is 16.7. The topological polar surface area (TPSA) is 290 Å². The van der Waals surface area contributed by atoms with Crippen LogP contribution in [0.2, 0.25) is 15.1 Å². The lowest BCUT2D eigenvalue weighted by molar-refractivity contribution is 0.299. The fraction of sp³-hybridized carbons (Fsp3) is 0.136. The third kappa shape index (κ3) is 22.3. The molecule has 0 radical (unpaired) electrons. The van der Waals surface area contributed by atoms with Gasteiger partial charge in [0.2, 0.25) is 5.88 Å². The van der Waals surface area contributed by atoms with Gasteiger partial charge in [0.15, 0.2) is 10.3 Å². The molecule has 24 rings (SSSR count). The van der Waals surface area contributed by atoms with Crippen LogP contribution in [0.5, 0.6) is 5.88 Å². The van der Waals surface area contributed by atoms with E-state index < -0.39 is 11.6 Å². The van der Waals surface area contributed by atoms with E-state index in [-0.39, 0.29) is 67.3 Å². The van der Waals surface area contributed by atoms with Crippen molar-refractivity contribution in [3.63, 3.8) is 0 Å². The Bertz CT molecular complexity index is 7740. The highest BCUT2D eigenvalue weighted by Crippen LogP contribution is 2.44. The standard InChI is InChI=1S/C23H22FN3O.C18H14FN3S.C18H13N3S.C17H12ClFN4S.C17H11ClFN3S.C17H13ClN4S/c1-14-4-5-16(11-18(14)13-25)19-12-21-23(28-9-8-27(21)3)26-22(19)17-6-7-20(24)15(2)10-17;1-11-9-12(4-5-14(11)19)17-13(3-2-8-20-17)15-6-7-16-18(22-15)23-10-21-16;1-12-4-2-5-13(10-12)17-14(6-3-9-19-17)15-7-8-16-18(21-15)22-11-20-16;18-11-8-9(3-4-12(11)19)15-10(2-1-7-21-15)13-5-6-14-16(22-13)24-17(20)23-14;18-12-8-10(3-4-13(12)19)16-11(2-1-7-20-16)14-5-6-15-17(22-14)23-9-21-15;18-11-4-1-3-10(9-11)15-12(5-2-8-20-15)13-6-7-14-16(21-13)23-17(19)22-14/h4-7,10-13,25H,8-9H2,1-3H3;2-10,16,18H,1H3;2-11H,1H3;1-8,14,16H,(H2,20,23);1-9,15,17H;1-9,14,16H,(H2,19,22). The second kappa shape index (κ2) is 44.0. The number of thiazole rings is 1. The molecule has 5 N–H and O–H groups in total. The van der Waals surface area contributed by atoms with Crippen LogP contribution >= 0.6 is 93.2 Å². The third-order valence-electron chi connectivity index (χ3n) is 24.0. The number of hydrogen-bond acceptors (Lipinski definition) is 26. The Hall–Kier alpha value is -14.3. The molecule has 17 heterocycles. The van der Waals surface area contributed by atoms with Gasteiger partial charge in [-0.1, -0.05) is 154 Å². The number of nitrogens with two attached hydrogens (primary N) is 2. The highest BCUT2D eigenvalue weighted by Gasteiger charge is 2.34. The Morgan fingerprint density at radius 2 is 0.846 bits per heavy atom. The number of halogens is 7. The van der Waals surface area contributed by atoms with Crippen LogP contribution < -0.4 is 21.1 Å². The zero-order valence-corrected chi connectivity index (χ0v) is 83.3. The molecule has 9 aliphatic rings. The van der Waals surface area contributed by atoms with Crippen LogP contribution in [-0.2, 0) is 0 Å². The number of benzene rings is 7. The van der Waals surface area contributed by atoms with Crippen LogP contribution in [0.25, 0.3) is 100 Å². The molecule has 0 aliphatic carbocycles. The van der Waals surface area contributed by atoms with Gasteiger partial charge in [0.05, 0.1) is 101 Å². The van der Waals surface area contributed by atoms with Gasteiger partial charge in [-0.2, -0.15) is 0 Å². The van der Waals surface area contributed by atoms with Crippen molar-refractivity contribution in [1.82, 2.24) is 39.9 Å². The number of aliphatic imine (C=N–C) groups is 8. The number of nitrogens with zero attached hydrogens (tertiary/aromatic N) is 17. The number of allylic oxidation sites excluding steroid dienone is 4. The Kier molecular flexibility index (Phi) is 30.0. The molecule has 7 aromatic carbocycles. The van der Waals surface area contributed by atoms with Crippen molar-refractivity contribution in [1.29, 1.82) is 5.41 Å². The Morgan fingerprint density at radius 3 is 1.33 bits per heavy atom. The van der Waals surface area contributed by atoms with Gasteiger partial charge in [-0.25, -0.2) is 32.5 Å². The molecular weight excluding hydrogens is 1960 g/mol. The van der Waals surface area contributed by atoms with Gasteiger partial charge in [0, 0.05) is 116 Å². The first kappa shape index (κ1) is 97.5. The number of dihydropyridines is 4. The molecule has 710 valence electrons. The maximum Gasteiger partial charge on any atom is 0.238 e. The number of hydrogen-bond donors (Lipinski definition) is 3. The largest absolute Gasteiger partial charge is 0.474 e. The van der Waals surface area contributed by atoms with Gasteiger partial charge in [-0.05, 0) is 256 Å². The summed E-state index contributed by atoms with van der Waals surface area (Å²) in [6.45, 7) is 8.97. The molecule has 0 spiro atoms. The highest BCUT2D eigenvalue weighted by atomic mass is 35.5. The molecule has 8 aromatic heterocycles. The zero-order chi connectivity index (χ0) is 98.9. The van der Waals surface area contributed by atoms with Crippen molar-refractivity contribution in [2.45, 2.75) is 73.4 Å². The molecule has 0 saturated carbocycles. The number of pyridine rings is 7. The van der Waals surface area contributed by atoms with Crippen molar-refractivity contribution in [3.8, 4) is 95.8 Å². The number of likely N-dealkylation sites (N-methyl/N-ethyl adjacent to an activating group) is 1. The first-order valence-electron chi connectivity index (χ1n) is 45.2. The molecule has 8 atom stereocenters. The lowest BCUT2D eigenvalue weighted by Crippen LogP contribution is -2.29. The van der Waals surface area contributed by atoms with Crippen molar-refractivity contribution < 1.29 is 22.3 Å². The molecule has 15 aromatic rings. The van der Waals surface area contributed by atoms with Gasteiger partial charge in [0.25, 0.3) is 0 Å². The Balaban J connectivity index is 0.000000109. The minimum Gasteiger partial charge on any atom is -0.474 e. The number of thioether (sulfide) groups is 4. The zero-order valence-electron chi connectivity index (χ0n) is 77.0. The van der Waals surface area contributed by atoms with E-state index in [4.69, 9.17) is 86.4 Å². The Labute approximate surface area is 858 Å². The number of rotatable bonds is 13. The van der Waals surface area contributed by atoms with Gasteiger partial charge < -0.3 is 26.5 Å². The summed E-state index contributed by atoms with van der Waals surface area (Å²) in [5.74, 6) is -0.742. The predicted octanol–water partition coefficient (Wildman–Crippen LogP) is 25.3. The second-order valence-electron chi connectivity index (χ2n) is 33.6. The summed E-state index contributed by atoms with van der Waals surface area (Å²) in [6, 6.07) is 67.3. The third-order valence-corrected chi connectivity index (χ3v) is 29.3. The van der Waals surface area contributed by atoms with Crippen LogP contribution in [0.3, 0.4) is 0 Å². The lowest BCUT2D eigenvalue weighted by atomic mass is 9.95. The highest BCUT2D eigenvalue weighted by molar-refractivity contribution is 8.15. The van der Waals surface area contributed by atoms with E-state index in [9.17, 15) is 17.6 Å². The maximum atomic E-state index is 13.8. The lowest BCUT2D eigenvalue weighted by Gasteiger charge is -2.28. The van der Waals surface area contributed by atoms with E-state index in [0.29, 0.717) is 44.7 Å². The summed E-state index contributed by atoms with van der Waals surface area (Å²) in [5.41, 5.74) is 44.5. The molecule has 8 unspecified atom stereocenters. The number of amidine groups is 2. The number of aromatic nitrogens is 8. The summed E-state index contributed by atoms with van der Waals surface area (Å²) in [6.07, 6.45) is 26.2. The van der Waals surface area contributed by atoms with E-state index in [0.717, 1.165) is 163 Å². The average molecular weight is 2050 g/mol.